The van der Waals surface area contributed by atoms with Crippen LogP contribution >= 0.6 is 11.3 Å². The van der Waals surface area contributed by atoms with E-state index in [2.05, 4.69) is 10.3 Å². The number of benzene rings is 1. The van der Waals surface area contributed by atoms with Crippen LogP contribution < -0.4 is 5.32 Å². The lowest BCUT2D eigenvalue weighted by molar-refractivity contribution is 0.585. The highest BCUT2D eigenvalue weighted by Crippen LogP contribution is 2.10. The first kappa shape index (κ1) is 11.2. The molecule has 16 heavy (non-hydrogen) atoms. The second-order valence-corrected chi connectivity index (χ2v) is 4.40. The van der Waals surface area contributed by atoms with Crippen LogP contribution in [0.5, 0.6) is 0 Å². The Kier molecular flexibility index (Phi) is 3.64. The van der Waals surface area contributed by atoms with E-state index in [0.717, 1.165) is 11.3 Å². The molecular weight excluding hydrogens is 223 g/mol. The summed E-state index contributed by atoms with van der Waals surface area (Å²) in [5.74, 6) is -0.156. The fourth-order valence-electron chi connectivity index (χ4n) is 1.49. The molecule has 1 aromatic carbocycles. The average molecular weight is 236 g/mol. The lowest BCUT2D eigenvalue weighted by Gasteiger charge is -2.05. The van der Waals surface area contributed by atoms with Crippen molar-refractivity contribution >= 4 is 11.3 Å². The van der Waals surface area contributed by atoms with Crippen molar-refractivity contribution in [2.24, 2.45) is 0 Å². The van der Waals surface area contributed by atoms with Crippen molar-refractivity contribution in [3.8, 4) is 0 Å². The maximum absolute atomic E-state index is 13.4. The third kappa shape index (κ3) is 2.87. The molecule has 0 aliphatic rings. The second kappa shape index (κ2) is 5.18. The lowest BCUT2D eigenvalue weighted by atomic mass is 10.1. The van der Waals surface area contributed by atoms with Gasteiger partial charge in [-0.2, -0.15) is 0 Å². The third-order valence-corrected chi connectivity index (χ3v) is 2.94. The first-order valence-electron chi connectivity index (χ1n) is 5.08. The molecule has 2 nitrogen and oxygen atoms in total. The van der Waals surface area contributed by atoms with E-state index in [-0.39, 0.29) is 5.82 Å². The molecule has 1 heterocycles. The summed E-state index contributed by atoms with van der Waals surface area (Å²) in [4.78, 5) is 4.15. The summed E-state index contributed by atoms with van der Waals surface area (Å²) in [6.45, 7) is 3.17. The molecular formula is C12H13FN2S. The quantitative estimate of drug-likeness (QED) is 0.883. The van der Waals surface area contributed by atoms with E-state index in [0.29, 0.717) is 18.7 Å². The Morgan fingerprint density at radius 2 is 2.25 bits per heavy atom. The molecule has 0 unspecified atom stereocenters. The molecule has 0 saturated heterocycles. The summed E-state index contributed by atoms with van der Waals surface area (Å²) in [5, 5.41) is 5.16. The minimum atomic E-state index is -0.156. The maximum atomic E-state index is 13.4. The number of hydrogen-bond donors (Lipinski definition) is 1. The first-order valence-corrected chi connectivity index (χ1v) is 6.03. The molecule has 0 amide bonds. The number of aryl methyl sites for hydroxylation is 1. The van der Waals surface area contributed by atoms with Crippen LogP contribution in [0.2, 0.25) is 0 Å². The minimum absolute atomic E-state index is 0.156. The van der Waals surface area contributed by atoms with Gasteiger partial charge in [0.05, 0.1) is 11.2 Å². The number of aromatic nitrogens is 1. The summed E-state index contributed by atoms with van der Waals surface area (Å²) >= 11 is 1.57. The zero-order valence-electron chi connectivity index (χ0n) is 9.03. The Labute approximate surface area is 98.2 Å². The molecule has 0 radical (unpaired) electrons. The molecule has 0 bridgehead atoms. The lowest BCUT2D eigenvalue weighted by Crippen LogP contribution is -2.14. The van der Waals surface area contributed by atoms with Crippen LogP contribution in [0.15, 0.2) is 29.1 Å². The number of rotatable bonds is 4. The number of thiazole rings is 1. The monoisotopic (exact) mass is 236 g/mol. The van der Waals surface area contributed by atoms with Gasteiger partial charge in [0.1, 0.15) is 5.82 Å². The third-order valence-electron chi connectivity index (χ3n) is 2.31. The van der Waals surface area contributed by atoms with E-state index < -0.39 is 0 Å². The zero-order chi connectivity index (χ0) is 11.4. The molecule has 0 atom stereocenters. The van der Waals surface area contributed by atoms with Crippen LogP contribution in [0, 0.1) is 12.7 Å². The van der Waals surface area contributed by atoms with Gasteiger partial charge in [0.25, 0.3) is 0 Å². The molecule has 1 aromatic heterocycles. The van der Waals surface area contributed by atoms with Gasteiger partial charge in [-0.1, -0.05) is 17.7 Å². The summed E-state index contributed by atoms with van der Waals surface area (Å²) in [5.41, 5.74) is 4.57. The Hall–Kier alpha value is -1.26. The van der Waals surface area contributed by atoms with E-state index in [9.17, 15) is 4.39 Å². The van der Waals surface area contributed by atoms with Crippen molar-refractivity contribution in [1.82, 2.24) is 10.3 Å². The standard InChI is InChI=1S/C12H13FN2S/c1-9-2-3-12(13)10(4-9)5-14-6-11-7-16-8-15-11/h2-4,7-8,14H,5-6H2,1H3. The molecule has 2 aromatic rings. The van der Waals surface area contributed by atoms with Gasteiger partial charge in [-0.15, -0.1) is 11.3 Å². The van der Waals surface area contributed by atoms with Crippen molar-refractivity contribution in [2.75, 3.05) is 0 Å². The first-order chi connectivity index (χ1) is 7.75. The molecule has 84 valence electrons. The SMILES string of the molecule is Cc1ccc(F)c(CNCc2cscn2)c1. The van der Waals surface area contributed by atoms with Gasteiger partial charge in [0, 0.05) is 24.0 Å². The van der Waals surface area contributed by atoms with Crippen LogP contribution in [0.25, 0.3) is 0 Å². The van der Waals surface area contributed by atoms with Crippen LogP contribution in [-0.2, 0) is 13.1 Å². The largest absolute Gasteiger partial charge is 0.307 e. The number of nitrogens with zero attached hydrogens (tertiary/aromatic N) is 1. The van der Waals surface area contributed by atoms with Crippen molar-refractivity contribution in [1.29, 1.82) is 0 Å². The molecule has 0 fully saturated rings. The smallest absolute Gasteiger partial charge is 0.127 e. The predicted octanol–water partition coefficient (Wildman–Crippen LogP) is 2.88. The van der Waals surface area contributed by atoms with E-state index in [1.807, 2.05) is 18.4 Å². The molecule has 4 heteroatoms. The van der Waals surface area contributed by atoms with Crippen LogP contribution in [0.1, 0.15) is 16.8 Å². The van der Waals surface area contributed by atoms with Gasteiger partial charge in [-0.3, -0.25) is 0 Å². The molecule has 1 N–H and O–H groups in total. The van der Waals surface area contributed by atoms with Crippen molar-refractivity contribution < 1.29 is 4.39 Å². The minimum Gasteiger partial charge on any atom is -0.307 e. The highest BCUT2D eigenvalue weighted by molar-refractivity contribution is 7.07. The molecule has 0 saturated carbocycles. The normalized spacial score (nSPS) is 10.6. The Morgan fingerprint density at radius 3 is 3.00 bits per heavy atom. The van der Waals surface area contributed by atoms with Crippen molar-refractivity contribution in [3.63, 3.8) is 0 Å². The summed E-state index contributed by atoms with van der Waals surface area (Å²) < 4.78 is 13.4. The van der Waals surface area contributed by atoms with Gasteiger partial charge in [0.2, 0.25) is 0 Å². The molecule has 0 aliphatic heterocycles. The van der Waals surface area contributed by atoms with E-state index in [1.54, 1.807) is 22.9 Å². The summed E-state index contributed by atoms with van der Waals surface area (Å²) in [7, 11) is 0. The molecule has 2 rings (SSSR count). The average Bonchev–Trinajstić information content (AvgIpc) is 2.76. The topological polar surface area (TPSA) is 24.9 Å². The van der Waals surface area contributed by atoms with E-state index in [4.69, 9.17) is 0 Å². The number of nitrogens with one attached hydrogen (secondary N) is 1. The summed E-state index contributed by atoms with van der Waals surface area (Å²) in [6.07, 6.45) is 0. The van der Waals surface area contributed by atoms with E-state index in [1.165, 1.54) is 6.07 Å². The zero-order valence-corrected chi connectivity index (χ0v) is 9.85. The molecule has 0 aliphatic carbocycles. The van der Waals surface area contributed by atoms with Gasteiger partial charge in [-0.05, 0) is 13.0 Å². The van der Waals surface area contributed by atoms with Gasteiger partial charge in [0.15, 0.2) is 0 Å². The highest BCUT2D eigenvalue weighted by atomic mass is 32.1. The fourth-order valence-corrected chi connectivity index (χ4v) is 2.05. The number of halogens is 1. The van der Waals surface area contributed by atoms with Crippen molar-refractivity contribution in [3.05, 3.63) is 51.7 Å². The highest BCUT2D eigenvalue weighted by Gasteiger charge is 2.02. The molecule has 0 spiro atoms. The van der Waals surface area contributed by atoms with Gasteiger partial charge < -0.3 is 5.32 Å². The van der Waals surface area contributed by atoms with E-state index >= 15 is 0 Å². The van der Waals surface area contributed by atoms with Crippen molar-refractivity contribution in [2.45, 2.75) is 20.0 Å². The van der Waals surface area contributed by atoms with Crippen LogP contribution in [0.3, 0.4) is 0 Å². The fraction of sp³-hybridized carbons (Fsp3) is 0.250. The second-order valence-electron chi connectivity index (χ2n) is 3.68. The number of hydrogen-bond acceptors (Lipinski definition) is 3. The van der Waals surface area contributed by atoms with Crippen LogP contribution in [-0.4, -0.2) is 4.98 Å². The Morgan fingerprint density at radius 1 is 1.38 bits per heavy atom. The maximum Gasteiger partial charge on any atom is 0.127 e. The van der Waals surface area contributed by atoms with Gasteiger partial charge in [-0.25, -0.2) is 9.37 Å². The summed E-state index contributed by atoms with van der Waals surface area (Å²) in [6, 6.07) is 5.15. The predicted molar refractivity (Wildman–Crippen MR) is 63.8 cm³/mol. The van der Waals surface area contributed by atoms with Gasteiger partial charge >= 0.3 is 0 Å². The Balaban J connectivity index is 1.92. The van der Waals surface area contributed by atoms with Crippen LogP contribution in [0.4, 0.5) is 4.39 Å². The Bertz CT molecular complexity index is 454.